The molecule has 3 rings (SSSR count). The van der Waals surface area contributed by atoms with Gasteiger partial charge in [0.05, 0.1) is 6.33 Å². The summed E-state index contributed by atoms with van der Waals surface area (Å²) in [5, 5.41) is 9.88. The monoisotopic (exact) mass is 422 g/mol. The largest absolute Gasteiger partial charge is 0.348 e. The Balaban J connectivity index is 1.71. The van der Waals surface area contributed by atoms with Gasteiger partial charge in [-0.2, -0.15) is 0 Å². The van der Waals surface area contributed by atoms with Crippen LogP contribution < -0.4 is 16.0 Å². The molecular formula is C21H26N8S. The van der Waals surface area contributed by atoms with Crippen LogP contribution in [0.15, 0.2) is 41.8 Å². The Morgan fingerprint density at radius 1 is 1.03 bits per heavy atom. The third-order valence-corrected chi connectivity index (χ3v) is 4.62. The number of nitrogens with one attached hydrogen (secondary N) is 4. The molecule has 1 aromatic carbocycles. The van der Waals surface area contributed by atoms with E-state index < -0.39 is 0 Å². The molecule has 8 nitrogen and oxygen atoms in total. The first kappa shape index (κ1) is 21.4. The number of imidazole rings is 1. The van der Waals surface area contributed by atoms with Gasteiger partial charge in [-0.1, -0.05) is 6.07 Å². The first-order chi connectivity index (χ1) is 14.4. The normalized spacial score (nSPS) is 11.3. The van der Waals surface area contributed by atoms with Crippen molar-refractivity contribution in [1.29, 1.82) is 0 Å². The Labute approximate surface area is 181 Å². The molecule has 2 aromatic heterocycles. The molecular weight excluding hydrogens is 396 g/mol. The molecule has 0 atom stereocenters. The number of aromatic nitrogens is 4. The highest BCUT2D eigenvalue weighted by Gasteiger charge is 2.08. The van der Waals surface area contributed by atoms with Gasteiger partial charge in [-0.25, -0.2) is 15.0 Å². The minimum absolute atomic E-state index is 0.426. The Morgan fingerprint density at radius 3 is 2.47 bits per heavy atom. The highest BCUT2D eigenvalue weighted by Crippen LogP contribution is 2.14. The molecule has 9 heteroatoms. The van der Waals surface area contributed by atoms with E-state index in [-0.39, 0.29) is 0 Å². The van der Waals surface area contributed by atoms with Crippen molar-refractivity contribution in [3.8, 4) is 0 Å². The van der Waals surface area contributed by atoms with Crippen LogP contribution in [0.1, 0.15) is 28.2 Å². The first-order valence-electron chi connectivity index (χ1n) is 9.65. The number of H-pyrrole nitrogens is 1. The summed E-state index contributed by atoms with van der Waals surface area (Å²) >= 11 is 5.49. The molecule has 0 spiro atoms. The molecule has 3 aromatic rings. The van der Waals surface area contributed by atoms with Crippen LogP contribution in [0.2, 0.25) is 0 Å². The lowest BCUT2D eigenvalue weighted by Gasteiger charge is -2.15. The highest BCUT2D eigenvalue weighted by molar-refractivity contribution is 7.80. The van der Waals surface area contributed by atoms with Crippen LogP contribution in [0.4, 0.5) is 11.6 Å². The summed E-state index contributed by atoms with van der Waals surface area (Å²) in [4.78, 5) is 20.6. The second kappa shape index (κ2) is 9.93. The molecule has 0 amide bonds. The fraction of sp³-hybridized carbons (Fsp3) is 0.286. The molecule has 0 aliphatic rings. The van der Waals surface area contributed by atoms with E-state index in [1.807, 2.05) is 26.0 Å². The standard InChI is InChI=1S/C21H26N8S/c1-13-5-6-17(9-14(13)2)27-21(30)29-19(23-8-7-18-11-22-12-24-18)28-20-25-15(3)10-16(4)26-20/h5-6,9-12H,7-8H2,1-4H3,(H,22,24)(H3,23,25,26,27,28,29,30). The smallest absolute Gasteiger partial charge is 0.229 e. The first-order valence-corrected chi connectivity index (χ1v) is 10.1. The molecule has 30 heavy (non-hydrogen) atoms. The number of aromatic amines is 1. The lowest BCUT2D eigenvalue weighted by atomic mass is 10.1. The van der Waals surface area contributed by atoms with Crippen molar-refractivity contribution >= 4 is 34.9 Å². The van der Waals surface area contributed by atoms with Crippen LogP contribution in [0, 0.1) is 27.7 Å². The number of rotatable bonds is 5. The second-order valence-corrected chi connectivity index (χ2v) is 7.44. The van der Waals surface area contributed by atoms with Gasteiger partial charge < -0.3 is 15.6 Å². The number of guanidine groups is 1. The predicted octanol–water partition coefficient (Wildman–Crippen LogP) is 3.43. The van der Waals surface area contributed by atoms with Crippen LogP contribution >= 0.6 is 12.2 Å². The molecule has 156 valence electrons. The zero-order valence-corrected chi connectivity index (χ0v) is 18.4. The van der Waals surface area contributed by atoms with E-state index in [0.29, 0.717) is 23.6 Å². The Morgan fingerprint density at radius 2 is 1.80 bits per heavy atom. The summed E-state index contributed by atoms with van der Waals surface area (Å²) < 4.78 is 0. The van der Waals surface area contributed by atoms with Crippen molar-refractivity contribution in [2.75, 3.05) is 17.2 Å². The number of nitrogens with zero attached hydrogens (tertiary/aromatic N) is 4. The van der Waals surface area contributed by atoms with Crippen LogP contribution in [-0.2, 0) is 6.42 Å². The molecule has 0 unspecified atom stereocenters. The minimum atomic E-state index is 0.426. The molecule has 0 aliphatic heterocycles. The van der Waals surface area contributed by atoms with E-state index in [4.69, 9.17) is 12.2 Å². The number of hydrogen-bond acceptors (Lipinski definition) is 5. The van der Waals surface area contributed by atoms with Crippen LogP contribution in [-0.4, -0.2) is 37.6 Å². The zero-order chi connectivity index (χ0) is 21.5. The van der Waals surface area contributed by atoms with Gasteiger partial charge in [0.25, 0.3) is 0 Å². The number of aryl methyl sites for hydroxylation is 4. The number of benzene rings is 1. The fourth-order valence-corrected chi connectivity index (χ4v) is 3.01. The lowest BCUT2D eigenvalue weighted by molar-refractivity contribution is 0.927. The third-order valence-electron chi connectivity index (χ3n) is 4.42. The molecule has 0 saturated carbocycles. The average Bonchev–Trinajstić information content (AvgIpc) is 3.17. The fourth-order valence-electron chi connectivity index (χ4n) is 2.80. The van der Waals surface area contributed by atoms with Crippen molar-refractivity contribution in [2.24, 2.45) is 4.99 Å². The lowest BCUT2D eigenvalue weighted by Crippen LogP contribution is -2.39. The van der Waals surface area contributed by atoms with Gasteiger partial charge in [0.2, 0.25) is 11.9 Å². The molecule has 0 saturated heterocycles. The second-order valence-electron chi connectivity index (χ2n) is 7.03. The van der Waals surface area contributed by atoms with E-state index in [1.54, 1.807) is 12.5 Å². The van der Waals surface area contributed by atoms with Gasteiger partial charge in [-0.3, -0.25) is 10.3 Å². The van der Waals surface area contributed by atoms with Crippen molar-refractivity contribution < 1.29 is 0 Å². The van der Waals surface area contributed by atoms with Crippen molar-refractivity contribution in [3.05, 3.63) is 65.0 Å². The van der Waals surface area contributed by atoms with Gasteiger partial charge in [0, 0.05) is 41.9 Å². The van der Waals surface area contributed by atoms with Crippen LogP contribution in [0.3, 0.4) is 0 Å². The summed E-state index contributed by atoms with van der Waals surface area (Å²) in [5.74, 6) is 0.940. The van der Waals surface area contributed by atoms with Gasteiger partial charge in [0.1, 0.15) is 0 Å². The Kier molecular flexibility index (Phi) is 7.08. The zero-order valence-electron chi connectivity index (χ0n) is 17.6. The topological polar surface area (TPSA) is 103 Å². The van der Waals surface area contributed by atoms with Crippen molar-refractivity contribution in [2.45, 2.75) is 34.1 Å². The summed E-state index contributed by atoms with van der Waals surface area (Å²) in [6.45, 7) is 8.53. The van der Waals surface area contributed by atoms with Gasteiger partial charge >= 0.3 is 0 Å². The number of aliphatic imine (C=N–C) groups is 1. The van der Waals surface area contributed by atoms with Crippen molar-refractivity contribution in [1.82, 2.24) is 25.3 Å². The summed E-state index contributed by atoms with van der Waals surface area (Å²) in [5.41, 5.74) is 6.09. The molecule has 0 aliphatic carbocycles. The van der Waals surface area contributed by atoms with E-state index in [1.165, 1.54) is 11.1 Å². The van der Waals surface area contributed by atoms with E-state index >= 15 is 0 Å². The number of anilines is 2. The van der Waals surface area contributed by atoms with E-state index in [0.717, 1.165) is 29.2 Å². The quantitative estimate of drug-likeness (QED) is 0.284. The predicted molar refractivity (Wildman–Crippen MR) is 125 cm³/mol. The number of thiocarbonyl (C=S) groups is 1. The maximum atomic E-state index is 5.49. The molecule has 0 fully saturated rings. The van der Waals surface area contributed by atoms with E-state index in [2.05, 4.69) is 66.9 Å². The number of hydrogen-bond donors (Lipinski definition) is 4. The van der Waals surface area contributed by atoms with Gasteiger partial charge in [0.15, 0.2) is 5.11 Å². The minimum Gasteiger partial charge on any atom is -0.348 e. The van der Waals surface area contributed by atoms with Gasteiger partial charge in [-0.05, 0) is 69.2 Å². The maximum Gasteiger partial charge on any atom is 0.229 e. The summed E-state index contributed by atoms with van der Waals surface area (Å²) in [6.07, 6.45) is 4.16. The maximum absolute atomic E-state index is 5.49. The molecule has 0 bridgehead atoms. The molecule has 0 radical (unpaired) electrons. The van der Waals surface area contributed by atoms with Crippen LogP contribution in [0.5, 0.6) is 0 Å². The third kappa shape index (κ3) is 6.35. The molecule has 4 N–H and O–H groups in total. The summed E-state index contributed by atoms with van der Waals surface area (Å²) in [7, 11) is 0. The Hall–Kier alpha value is -3.33. The average molecular weight is 423 g/mol. The van der Waals surface area contributed by atoms with Crippen molar-refractivity contribution in [3.63, 3.8) is 0 Å². The van der Waals surface area contributed by atoms with Gasteiger partial charge in [-0.15, -0.1) is 0 Å². The van der Waals surface area contributed by atoms with E-state index in [9.17, 15) is 0 Å². The van der Waals surface area contributed by atoms with Crippen LogP contribution in [0.25, 0.3) is 0 Å². The highest BCUT2D eigenvalue weighted by atomic mass is 32.1. The molecule has 2 heterocycles. The Bertz CT molecular complexity index is 1020. The SMILES string of the molecule is Cc1cc(C)nc(NC(=NCCc2cnc[nH]2)NC(=S)Nc2ccc(C)c(C)c2)n1. The summed E-state index contributed by atoms with van der Waals surface area (Å²) in [6, 6.07) is 8.02.